The van der Waals surface area contributed by atoms with Gasteiger partial charge in [-0.1, -0.05) is 26.8 Å². The molecule has 2 aliphatic rings. The van der Waals surface area contributed by atoms with Crippen LogP contribution in [0.3, 0.4) is 0 Å². The van der Waals surface area contributed by atoms with E-state index in [1.54, 1.807) is 0 Å². The number of carbonyl (C=O) groups excluding carboxylic acids is 1. The van der Waals surface area contributed by atoms with Crippen molar-refractivity contribution in [2.75, 3.05) is 7.11 Å². The van der Waals surface area contributed by atoms with E-state index >= 15 is 0 Å². The van der Waals surface area contributed by atoms with Crippen LogP contribution in [0, 0.1) is 22.7 Å². The van der Waals surface area contributed by atoms with E-state index in [0.29, 0.717) is 16.7 Å². The van der Waals surface area contributed by atoms with Crippen LogP contribution in [0.4, 0.5) is 0 Å². The van der Waals surface area contributed by atoms with Crippen molar-refractivity contribution in [2.24, 2.45) is 22.7 Å². The highest BCUT2D eigenvalue weighted by Crippen LogP contribution is 2.68. The molecule has 0 N–H and O–H groups in total. The van der Waals surface area contributed by atoms with Crippen LogP contribution in [0.25, 0.3) is 0 Å². The van der Waals surface area contributed by atoms with Crippen molar-refractivity contribution in [3.8, 4) is 0 Å². The molecule has 17 heavy (non-hydrogen) atoms. The van der Waals surface area contributed by atoms with Crippen molar-refractivity contribution < 1.29 is 9.53 Å². The lowest BCUT2D eigenvalue weighted by Crippen LogP contribution is -2.31. The first-order chi connectivity index (χ1) is 7.83. The first kappa shape index (κ1) is 12.7. The summed E-state index contributed by atoms with van der Waals surface area (Å²) in [5.41, 5.74) is 1.53. The molecule has 0 spiro atoms. The number of hydrogen-bond donors (Lipinski definition) is 0. The zero-order valence-corrected chi connectivity index (χ0v) is 11.7. The Morgan fingerprint density at radius 3 is 2.41 bits per heavy atom. The fourth-order valence-electron chi connectivity index (χ4n) is 4.05. The topological polar surface area (TPSA) is 26.3 Å². The summed E-state index contributed by atoms with van der Waals surface area (Å²) < 4.78 is 4.78. The first-order valence-corrected chi connectivity index (χ1v) is 6.59. The van der Waals surface area contributed by atoms with E-state index in [9.17, 15) is 4.79 Å². The highest BCUT2D eigenvalue weighted by Gasteiger charge is 2.60. The van der Waals surface area contributed by atoms with Gasteiger partial charge in [0.25, 0.3) is 0 Å². The van der Waals surface area contributed by atoms with Crippen LogP contribution in [-0.2, 0) is 9.53 Å². The fourth-order valence-corrected chi connectivity index (χ4v) is 4.05. The first-order valence-electron chi connectivity index (χ1n) is 6.59. The molecule has 0 amide bonds. The van der Waals surface area contributed by atoms with Crippen LogP contribution in [0.5, 0.6) is 0 Å². The Morgan fingerprint density at radius 2 is 2.00 bits per heavy atom. The van der Waals surface area contributed by atoms with Crippen molar-refractivity contribution >= 4 is 5.97 Å². The van der Waals surface area contributed by atoms with Crippen LogP contribution in [0.15, 0.2) is 11.6 Å². The molecule has 0 saturated heterocycles. The van der Waals surface area contributed by atoms with Gasteiger partial charge >= 0.3 is 5.97 Å². The van der Waals surface area contributed by atoms with Crippen LogP contribution in [0.1, 0.15) is 47.0 Å². The maximum absolute atomic E-state index is 11.5. The van der Waals surface area contributed by atoms with Gasteiger partial charge in [-0.3, -0.25) is 0 Å². The summed E-state index contributed by atoms with van der Waals surface area (Å²) in [6.45, 7) is 9.05. The summed E-state index contributed by atoms with van der Waals surface area (Å²) in [7, 11) is 1.45. The lowest BCUT2D eigenvalue weighted by atomic mass is 9.66. The molecule has 2 bridgehead atoms. The molecule has 0 aliphatic heterocycles. The third-order valence-electron chi connectivity index (χ3n) is 5.82. The number of carbonyl (C=O) groups is 1. The molecule has 0 radical (unpaired) electrons. The molecule has 2 aliphatic carbocycles. The monoisotopic (exact) mass is 236 g/mol. The number of allylic oxidation sites excluding steroid dienone is 1. The Bertz CT molecular complexity index is 367. The molecule has 2 heteroatoms. The van der Waals surface area contributed by atoms with Gasteiger partial charge in [0.2, 0.25) is 0 Å². The maximum atomic E-state index is 11.5. The van der Waals surface area contributed by atoms with Crippen LogP contribution in [-0.4, -0.2) is 13.1 Å². The SMILES string of the molecule is COC(=O)C(C)=CC1C[C@H]2CC[C@@]1(C)C2(C)C. The van der Waals surface area contributed by atoms with E-state index in [0.717, 1.165) is 11.5 Å². The van der Waals surface area contributed by atoms with Gasteiger partial charge in [-0.25, -0.2) is 4.79 Å². The Kier molecular flexibility index (Phi) is 2.87. The summed E-state index contributed by atoms with van der Waals surface area (Å²) in [5.74, 6) is 1.17. The quantitative estimate of drug-likeness (QED) is 0.541. The molecule has 2 rings (SSSR count). The van der Waals surface area contributed by atoms with E-state index in [1.807, 2.05) is 6.92 Å². The third kappa shape index (κ3) is 1.64. The molecule has 2 fully saturated rings. The minimum absolute atomic E-state index is 0.186. The number of methoxy groups -OCH3 is 1. The number of fused-ring (bicyclic) bond motifs is 2. The largest absolute Gasteiger partial charge is 0.466 e. The highest BCUT2D eigenvalue weighted by atomic mass is 16.5. The molecular formula is C15H24O2. The smallest absolute Gasteiger partial charge is 0.333 e. The summed E-state index contributed by atoms with van der Waals surface area (Å²) in [4.78, 5) is 11.5. The molecular weight excluding hydrogens is 212 g/mol. The zero-order chi connectivity index (χ0) is 12.8. The van der Waals surface area contributed by atoms with E-state index in [4.69, 9.17) is 4.74 Å². The second-order valence-electron chi connectivity index (χ2n) is 6.56. The van der Waals surface area contributed by atoms with Crippen LogP contribution >= 0.6 is 0 Å². The molecule has 0 heterocycles. The van der Waals surface area contributed by atoms with Gasteiger partial charge < -0.3 is 4.74 Å². The molecule has 0 aromatic heterocycles. The summed E-state index contributed by atoms with van der Waals surface area (Å²) >= 11 is 0. The maximum Gasteiger partial charge on any atom is 0.333 e. The van der Waals surface area contributed by atoms with Gasteiger partial charge in [0, 0.05) is 5.57 Å². The fraction of sp³-hybridized carbons (Fsp3) is 0.800. The van der Waals surface area contributed by atoms with Crippen LogP contribution in [0.2, 0.25) is 0 Å². The van der Waals surface area contributed by atoms with Crippen molar-refractivity contribution in [2.45, 2.75) is 47.0 Å². The van der Waals surface area contributed by atoms with E-state index < -0.39 is 0 Å². The van der Waals surface area contributed by atoms with Gasteiger partial charge in [0.1, 0.15) is 0 Å². The van der Waals surface area contributed by atoms with Crippen molar-refractivity contribution in [1.29, 1.82) is 0 Å². The predicted molar refractivity (Wildman–Crippen MR) is 68.5 cm³/mol. The summed E-state index contributed by atoms with van der Waals surface area (Å²) in [6, 6.07) is 0. The van der Waals surface area contributed by atoms with E-state index in [2.05, 4.69) is 26.8 Å². The lowest BCUT2D eigenvalue weighted by Gasteiger charge is -2.38. The van der Waals surface area contributed by atoms with Gasteiger partial charge in [0.15, 0.2) is 0 Å². The molecule has 3 atom stereocenters. The molecule has 2 saturated carbocycles. The third-order valence-corrected chi connectivity index (χ3v) is 5.82. The standard InChI is InChI=1S/C15H24O2/c1-10(13(16)17-5)8-12-9-11-6-7-15(12,4)14(11,2)3/h8,11-12H,6-7,9H2,1-5H3/t11-,12?,15-/m1/s1. The van der Waals surface area contributed by atoms with Crippen molar-refractivity contribution in [3.05, 3.63) is 11.6 Å². The minimum Gasteiger partial charge on any atom is -0.466 e. The minimum atomic E-state index is -0.186. The van der Waals surface area contributed by atoms with Crippen LogP contribution < -0.4 is 0 Å². The van der Waals surface area contributed by atoms with Gasteiger partial charge in [-0.05, 0) is 48.9 Å². The normalized spacial score (nSPS) is 39.5. The number of rotatable bonds is 2. The van der Waals surface area contributed by atoms with E-state index in [-0.39, 0.29) is 5.97 Å². The summed E-state index contributed by atoms with van der Waals surface area (Å²) in [6.07, 6.45) is 6.04. The van der Waals surface area contributed by atoms with E-state index in [1.165, 1.54) is 26.4 Å². The Balaban J connectivity index is 2.24. The lowest BCUT2D eigenvalue weighted by molar-refractivity contribution is -0.136. The predicted octanol–water partition coefficient (Wildman–Crippen LogP) is 3.57. The Morgan fingerprint density at radius 1 is 1.35 bits per heavy atom. The van der Waals surface area contributed by atoms with Gasteiger partial charge in [0.05, 0.1) is 7.11 Å². The zero-order valence-electron chi connectivity index (χ0n) is 11.7. The number of esters is 1. The molecule has 1 unspecified atom stereocenters. The number of ether oxygens (including phenoxy) is 1. The van der Waals surface area contributed by atoms with Gasteiger partial charge in [-0.15, -0.1) is 0 Å². The summed E-state index contributed by atoms with van der Waals surface area (Å²) in [5, 5.41) is 0. The number of hydrogen-bond acceptors (Lipinski definition) is 2. The average molecular weight is 236 g/mol. The van der Waals surface area contributed by atoms with Crippen molar-refractivity contribution in [3.63, 3.8) is 0 Å². The van der Waals surface area contributed by atoms with Crippen molar-refractivity contribution in [1.82, 2.24) is 0 Å². The van der Waals surface area contributed by atoms with Gasteiger partial charge in [-0.2, -0.15) is 0 Å². The Hall–Kier alpha value is -0.790. The molecule has 0 aromatic rings. The second kappa shape index (κ2) is 3.86. The highest BCUT2D eigenvalue weighted by molar-refractivity contribution is 5.87. The molecule has 2 nitrogen and oxygen atoms in total. The molecule has 96 valence electrons. The second-order valence-corrected chi connectivity index (χ2v) is 6.56. The Labute approximate surface area is 104 Å². The average Bonchev–Trinajstić information content (AvgIpc) is 2.60. The molecule has 0 aromatic carbocycles.